The minimum absolute atomic E-state index is 0.0891. The normalized spacial score (nSPS) is 17.9. The van der Waals surface area contributed by atoms with E-state index in [1.54, 1.807) is 20.4 Å². The molecule has 2 aromatic heterocycles. The third kappa shape index (κ3) is 4.39. The molecule has 1 fully saturated rings. The van der Waals surface area contributed by atoms with E-state index in [-0.39, 0.29) is 12.1 Å². The number of hydrogen-bond acceptors (Lipinski definition) is 9. The van der Waals surface area contributed by atoms with Crippen LogP contribution in [-0.4, -0.2) is 77.6 Å². The minimum Gasteiger partial charge on any atom is -0.493 e. The molecule has 2 atom stereocenters. The lowest BCUT2D eigenvalue weighted by atomic mass is 10.1. The van der Waals surface area contributed by atoms with Gasteiger partial charge in [0.15, 0.2) is 11.5 Å². The van der Waals surface area contributed by atoms with Gasteiger partial charge < -0.3 is 19.1 Å². The lowest BCUT2D eigenvalue weighted by Gasteiger charge is -2.30. The maximum absolute atomic E-state index is 6.49. The fraction of sp³-hybridized carbons (Fsp3) is 0.385. The Kier molecular flexibility index (Phi) is 6.50. The van der Waals surface area contributed by atoms with Gasteiger partial charge in [0, 0.05) is 18.0 Å². The molecule has 5 rings (SSSR count). The third-order valence-corrected chi connectivity index (χ3v) is 6.68. The van der Waals surface area contributed by atoms with Crippen LogP contribution in [0.3, 0.4) is 0 Å². The van der Waals surface area contributed by atoms with Gasteiger partial charge in [-0.2, -0.15) is 10.2 Å². The molecule has 1 aliphatic rings. The van der Waals surface area contributed by atoms with Crippen molar-refractivity contribution in [3.63, 3.8) is 0 Å². The van der Waals surface area contributed by atoms with Gasteiger partial charge in [0.2, 0.25) is 5.88 Å². The van der Waals surface area contributed by atoms with Crippen molar-refractivity contribution in [2.75, 3.05) is 45.3 Å². The predicted molar refractivity (Wildman–Crippen MR) is 136 cm³/mol. The van der Waals surface area contributed by atoms with E-state index in [2.05, 4.69) is 38.8 Å². The first-order chi connectivity index (χ1) is 17.1. The summed E-state index contributed by atoms with van der Waals surface area (Å²) in [6.07, 6.45) is 3.44. The van der Waals surface area contributed by atoms with Gasteiger partial charge in [-0.05, 0) is 31.3 Å². The molecule has 2 unspecified atom stereocenters. The number of benzene rings is 2. The van der Waals surface area contributed by atoms with Crippen LogP contribution >= 0.6 is 0 Å². The van der Waals surface area contributed by atoms with Crippen molar-refractivity contribution >= 4 is 27.6 Å². The summed E-state index contributed by atoms with van der Waals surface area (Å²) in [5.74, 6) is 1.83. The number of hydrogen-bond donors (Lipinski definition) is 0. The van der Waals surface area contributed by atoms with E-state index in [0.29, 0.717) is 23.9 Å². The van der Waals surface area contributed by atoms with Gasteiger partial charge >= 0.3 is 0 Å². The molecule has 9 nitrogen and oxygen atoms in total. The lowest BCUT2D eigenvalue weighted by molar-refractivity contribution is 0.104. The maximum atomic E-state index is 6.49. The molecular weight excluding hydrogens is 444 g/mol. The second-order valence-electron chi connectivity index (χ2n) is 8.50. The summed E-state index contributed by atoms with van der Waals surface area (Å²) >= 11 is 0. The van der Waals surface area contributed by atoms with Gasteiger partial charge in [-0.3, -0.25) is 4.90 Å². The summed E-state index contributed by atoms with van der Waals surface area (Å²) in [5, 5.41) is 9.56. The number of aromatic nitrogens is 4. The number of para-hydroxylation sites is 2. The molecule has 35 heavy (non-hydrogen) atoms. The first-order valence-electron chi connectivity index (χ1n) is 11.9. The Balaban J connectivity index is 1.49. The second kappa shape index (κ2) is 9.87. The van der Waals surface area contributed by atoms with E-state index in [1.807, 2.05) is 42.6 Å². The molecule has 3 heterocycles. The van der Waals surface area contributed by atoms with Crippen molar-refractivity contribution in [1.29, 1.82) is 0 Å². The zero-order valence-electron chi connectivity index (χ0n) is 20.5. The van der Waals surface area contributed by atoms with Crippen LogP contribution in [0.1, 0.15) is 13.8 Å². The molecule has 0 N–H and O–H groups in total. The van der Waals surface area contributed by atoms with Crippen molar-refractivity contribution in [2.45, 2.75) is 26.0 Å². The zero-order valence-corrected chi connectivity index (χ0v) is 20.5. The fourth-order valence-electron chi connectivity index (χ4n) is 4.89. The van der Waals surface area contributed by atoms with Crippen LogP contribution in [0, 0.1) is 0 Å². The van der Waals surface area contributed by atoms with Crippen LogP contribution in [0.25, 0.3) is 21.9 Å². The molecular formula is C26H30N6O3. The summed E-state index contributed by atoms with van der Waals surface area (Å²) in [4.78, 5) is 14.0. The number of likely N-dealkylation sites (N-methyl/N-ethyl adjacent to an activating group) is 1. The van der Waals surface area contributed by atoms with Crippen LogP contribution in [0.5, 0.6) is 17.4 Å². The van der Waals surface area contributed by atoms with Crippen molar-refractivity contribution < 1.29 is 14.2 Å². The van der Waals surface area contributed by atoms with E-state index in [4.69, 9.17) is 19.2 Å². The predicted octanol–water partition coefficient (Wildman–Crippen LogP) is 3.57. The number of rotatable bonds is 8. The highest BCUT2D eigenvalue weighted by molar-refractivity contribution is 5.93. The van der Waals surface area contributed by atoms with Crippen LogP contribution in [0.15, 0.2) is 48.8 Å². The molecule has 0 saturated carbocycles. The van der Waals surface area contributed by atoms with E-state index in [0.717, 1.165) is 47.3 Å². The summed E-state index contributed by atoms with van der Waals surface area (Å²) in [7, 11) is 3.26. The van der Waals surface area contributed by atoms with Crippen LogP contribution in [-0.2, 0) is 0 Å². The van der Waals surface area contributed by atoms with Crippen molar-refractivity contribution in [2.24, 2.45) is 0 Å². The average Bonchev–Trinajstić information content (AvgIpc) is 3.31. The van der Waals surface area contributed by atoms with Crippen LogP contribution < -0.4 is 19.1 Å². The van der Waals surface area contributed by atoms with Crippen molar-refractivity contribution in [3.8, 4) is 17.4 Å². The number of anilines is 1. The fourth-order valence-corrected chi connectivity index (χ4v) is 4.89. The summed E-state index contributed by atoms with van der Waals surface area (Å²) in [6, 6.07) is 11.8. The Labute approximate surface area is 204 Å². The summed E-state index contributed by atoms with van der Waals surface area (Å²) in [6.45, 7) is 7.70. The average molecular weight is 475 g/mol. The Morgan fingerprint density at radius 1 is 0.943 bits per heavy atom. The molecule has 1 saturated heterocycles. The van der Waals surface area contributed by atoms with Gasteiger partial charge in [0.05, 0.1) is 61.4 Å². The van der Waals surface area contributed by atoms with Crippen LogP contribution in [0.2, 0.25) is 0 Å². The van der Waals surface area contributed by atoms with Crippen LogP contribution in [0.4, 0.5) is 5.69 Å². The largest absolute Gasteiger partial charge is 0.493 e. The van der Waals surface area contributed by atoms with E-state index in [9.17, 15) is 0 Å². The molecule has 1 aliphatic heterocycles. The highest BCUT2D eigenvalue weighted by atomic mass is 16.5. The Morgan fingerprint density at radius 2 is 1.69 bits per heavy atom. The molecule has 2 aromatic carbocycles. The highest BCUT2D eigenvalue weighted by Gasteiger charge is 2.38. The molecule has 4 aromatic rings. The molecule has 0 bridgehead atoms. The molecule has 0 aliphatic carbocycles. The van der Waals surface area contributed by atoms with E-state index >= 15 is 0 Å². The molecule has 0 amide bonds. The number of ether oxygens (including phenoxy) is 3. The lowest BCUT2D eigenvalue weighted by Crippen LogP contribution is -2.45. The number of nitrogens with zero attached hydrogens (tertiary/aromatic N) is 6. The van der Waals surface area contributed by atoms with Gasteiger partial charge in [0.1, 0.15) is 6.10 Å². The Morgan fingerprint density at radius 3 is 2.43 bits per heavy atom. The summed E-state index contributed by atoms with van der Waals surface area (Å²) in [5.41, 5.74) is 3.42. The van der Waals surface area contributed by atoms with Gasteiger partial charge in [-0.15, -0.1) is 0 Å². The van der Waals surface area contributed by atoms with Gasteiger partial charge in [0.25, 0.3) is 0 Å². The first kappa shape index (κ1) is 23.0. The standard InChI is InChI=1S/C26H30N6O3/c1-5-31(6-2)22-15-32(16-25(22)35-26-14-27-18-9-7-8-10-19(18)29-26)21-13-28-30-20-12-24(34-4)23(33-3)11-17(20)21/h7-14,22,25H,5-6,15-16H2,1-4H3. The third-order valence-electron chi connectivity index (χ3n) is 6.68. The monoisotopic (exact) mass is 474 g/mol. The molecule has 182 valence electrons. The molecule has 0 spiro atoms. The Bertz CT molecular complexity index is 1330. The zero-order chi connectivity index (χ0) is 24.4. The summed E-state index contributed by atoms with van der Waals surface area (Å²) < 4.78 is 17.5. The van der Waals surface area contributed by atoms with Gasteiger partial charge in [-0.25, -0.2) is 9.97 Å². The smallest absolute Gasteiger partial charge is 0.233 e. The van der Waals surface area contributed by atoms with E-state index in [1.165, 1.54) is 0 Å². The minimum atomic E-state index is -0.0891. The second-order valence-corrected chi connectivity index (χ2v) is 8.50. The number of methoxy groups -OCH3 is 2. The Hall–Kier alpha value is -3.72. The van der Waals surface area contributed by atoms with Crippen molar-refractivity contribution in [1.82, 2.24) is 25.1 Å². The molecule has 9 heteroatoms. The van der Waals surface area contributed by atoms with Crippen molar-refractivity contribution in [3.05, 3.63) is 48.8 Å². The number of fused-ring (bicyclic) bond motifs is 2. The first-order valence-corrected chi connectivity index (χ1v) is 11.9. The quantitative estimate of drug-likeness (QED) is 0.380. The topological polar surface area (TPSA) is 85.7 Å². The maximum Gasteiger partial charge on any atom is 0.233 e. The highest BCUT2D eigenvalue weighted by Crippen LogP contribution is 2.37. The van der Waals surface area contributed by atoms with E-state index < -0.39 is 0 Å². The SMILES string of the molecule is CCN(CC)C1CN(c2cnnc3cc(OC)c(OC)cc23)CC1Oc1cnc2ccccc2n1. The van der Waals surface area contributed by atoms with Gasteiger partial charge in [-0.1, -0.05) is 26.0 Å². The molecule has 0 radical (unpaired) electrons.